The number of rotatable bonds is 3. The van der Waals surface area contributed by atoms with Crippen LogP contribution in [-0.2, 0) is 10.0 Å². The van der Waals surface area contributed by atoms with E-state index in [0.29, 0.717) is 6.42 Å². The van der Waals surface area contributed by atoms with Crippen LogP contribution in [0.1, 0.15) is 18.4 Å². The number of halogens is 3. The first-order valence-corrected chi connectivity index (χ1v) is 7.90. The van der Waals surface area contributed by atoms with Gasteiger partial charge in [-0.25, -0.2) is 17.2 Å². The van der Waals surface area contributed by atoms with Gasteiger partial charge in [0.05, 0.1) is 11.6 Å². The molecule has 122 valence electrons. The lowest BCUT2D eigenvalue weighted by Crippen LogP contribution is -2.47. The molecule has 5 nitrogen and oxygen atoms in total. The van der Waals surface area contributed by atoms with Crippen molar-refractivity contribution >= 4 is 22.4 Å². The fraction of sp³-hybridized carbons (Fsp3) is 0.462. The molecule has 1 heterocycles. The number of piperidine rings is 1. The van der Waals surface area contributed by atoms with Crippen LogP contribution < -0.4 is 5.32 Å². The first-order valence-electron chi connectivity index (χ1n) is 6.46. The van der Waals surface area contributed by atoms with Crippen LogP contribution in [0, 0.1) is 23.0 Å². The summed E-state index contributed by atoms with van der Waals surface area (Å²) in [5.41, 5.74) is -0.254. The number of sulfonamides is 1. The predicted molar refractivity (Wildman–Crippen MR) is 79.2 cm³/mol. The van der Waals surface area contributed by atoms with E-state index in [1.165, 1.54) is 0 Å². The Hall–Kier alpha value is -1.27. The molecule has 0 radical (unpaired) electrons. The van der Waals surface area contributed by atoms with E-state index in [2.05, 4.69) is 5.32 Å². The molecule has 1 saturated heterocycles. The lowest BCUT2D eigenvalue weighted by atomic mass is 10.1. The molecule has 0 aromatic heterocycles. The molecule has 1 unspecified atom stereocenters. The van der Waals surface area contributed by atoms with Crippen molar-refractivity contribution < 1.29 is 17.2 Å². The molecule has 1 fully saturated rings. The summed E-state index contributed by atoms with van der Waals surface area (Å²) in [7, 11) is -2.55. The second-order valence-corrected chi connectivity index (χ2v) is 6.75. The smallest absolute Gasteiger partial charge is 0.248 e. The quantitative estimate of drug-likeness (QED) is 0.898. The van der Waals surface area contributed by atoms with Crippen LogP contribution in [0.5, 0.6) is 0 Å². The first-order chi connectivity index (χ1) is 9.90. The molecule has 0 spiro atoms. The number of hydrogen-bond donors (Lipinski definition) is 1. The Balaban J connectivity index is 0.00000242. The number of benzene rings is 1. The van der Waals surface area contributed by atoms with Crippen LogP contribution in [0.25, 0.3) is 0 Å². The van der Waals surface area contributed by atoms with Crippen LogP contribution >= 0.6 is 12.4 Å². The highest BCUT2D eigenvalue weighted by Crippen LogP contribution is 2.26. The van der Waals surface area contributed by atoms with Gasteiger partial charge in [-0.05, 0) is 32.0 Å². The van der Waals surface area contributed by atoms with Gasteiger partial charge in [0.1, 0.15) is 11.6 Å². The molecule has 2 rings (SSSR count). The highest BCUT2D eigenvalue weighted by Gasteiger charge is 2.34. The Bertz CT molecular complexity index is 668. The predicted octanol–water partition coefficient (Wildman–Crippen LogP) is 1.63. The molecule has 1 N–H and O–H groups in total. The number of likely N-dealkylation sites (N-methyl/N-ethyl adjacent to an activating group) is 1. The maximum atomic E-state index is 13.9. The Morgan fingerprint density at radius 1 is 1.36 bits per heavy atom. The van der Waals surface area contributed by atoms with E-state index < -0.39 is 26.6 Å². The largest absolute Gasteiger partial charge is 0.316 e. The minimum atomic E-state index is -4.26. The van der Waals surface area contributed by atoms with Crippen LogP contribution in [0.4, 0.5) is 8.78 Å². The summed E-state index contributed by atoms with van der Waals surface area (Å²) in [6.45, 7) is 0.386. The second-order valence-electron chi connectivity index (χ2n) is 4.87. The lowest BCUT2D eigenvalue weighted by molar-refractivity contribution is 0.291. The Morgan fingerprint density at radius 3 is 2.45 bits per heavy atom. The van der Waals surface area contributed by atoms with Crippen molar-refractivity contribution in [3.8, 4) is 6.07 Å². The van der Waals surface area contributed by atoms with Crippen molar-refractivity contribution in [2.75, 3.05) is 20.1 Å². The van der Waals surface area contributed by atoms with Crippen molar-refractivity contribution in [2.24, 2.45) is 0 Å². The Kier molecular flexibility index (Phi) is 6.26. The summed E-state index contributed by atoms with van der Waals surface area (Å²) >= 11 is 0. The minimum Gasteiger partial charge on any atom is -0.316 e. The molecule has 1 aliphatic heterocycles. The molecule has 1 aliphatic rings. The summed E-state index contributed by atoms with van der Waals surface area (Å²) in [5.74, 6) is -2.48. The average Bonchev–Trinajstić information content (AvgIpc) is 2.46. The summed E-state index contributed by atoms with van der Waals surface area (Å²) in [6, 6.07) is 3.00. The molecule has 22 heavy (non-hydrogen) atoms. The highest BCUT2D eigenvalue weighted by molar-refractivity contribution is 7.89. The van der Waals surface area contributed by atoms with E-state index in [-0.39, 0.29) is 37.1 Å². The van der Waals surface area contributed by atoms with Crippen molar-refractivity contribution in [2.45, 2.75) is 23.8 Å². The summed E-state index contributed by atoms with van der Waals surface area (Å²) in [5, 5.41) is 11.6. The summed E-state index contributed by atoms with van der Waals surface area (Å²) < 4.78 is 53.8. The SMILES string of the molecule is CNC1CCCN(S(=O)(=O)c2c(F)cc(C#N)cc2F)C1.Cl. The van der Waals surface area contributed by atoms with Gasteiger partial charge in [-0.15, -0.1) is 12.4 Å². The van der Waals surface area contributed by atoms with Crippen LogP contribution in [0.3, 0.4) is 0 Å². The molecule has 0 bridgehead atoms. The van der Waals surface area contributed by atoms with Gasteiger partial charge in [0.2, 0.25) is 10.0 Å². The van der Waals surface area contributed by atoms with Gasteiger partial charge < -0.3 is 5.32 Å². The molecule has 1 aromatic carbocycles. The number of hydrogen-bond acceptors (Lipinski definition) is 4. The average molecular weight is 352 g/mol. The van der Waals surface area contributed by atoms with E-state index in [1.807, 2.05) is 0 Å². The molecular weight excluding hydrogens is 336 g/mol. The van der Waals surface area contributed by atoms with Gasteiger partial charge in [-0.1, -0.05) is 0 Å². The monoisotopic (exact) mass is 351 g/mol. The molecule has 1 aromatic rings. The van der Waals surface area contributed by atoms with Gasteiger partial charge in [-0.3, -0.25) is 0 Å². The third-order valence-corrected chi connectivity index (χ3v) is 5.44. The van der Waals surface area contributed by atoms with Crippen molar-refractivity contribution in [3.63, 3.8) is 0 Å². The van der Waals surface area contributed by atoms with Crippen LogP contribution in [0.15, 0.2) is 17.0 Å². The van der Waals surface area contributed by atoms with E-state index in [1.54, 1.807) is 13.1 Å². The van der Waals surface area contributed by atoms with Crippen LogP contribution in [0.2, 0.25) is 0 Å². The van der Waals surface area contributed by atoms with Gasteiger partial charge in [0.15, 0.2) is 4.90 Å². The zero-order valence-electron chi connectivity index (χ0n) is 11.8. The Labute approximate surface area is 134 Å². The van der Waals surface area contributed by atoms with Gasteiger partial charge >= 0.3 is 0 Å². The zero-order chi connectivity index (χ0) is 15.6. The molecular formula is C13H16ClF2N3O2S. The van der Waals surface area contributed by atoms with Crippen molar-refractivity contribution in [3.05, 3.63) is 29.3 Å². The maximum absolute atomic E-state index is 13.9. The third-order valence-electron chi connectivity index (χ3n) is 3.52. The van der Waals surface area contributed by atoms with E-state index in [9.17, 15) is 17.2 Å². The molecule has 0 amide bonds. The highest BCUT2D eigenvalue weighted by atomic mass is 35.5. The Morgan fingerprint density at radius 2 is 1.95 bits per heavy atom. The fourth-order valence-corrected chi connectivity index (χ4v) is 4.01. The molecule has 1 atom stereocenters. The fourth-order valence-electron chi connectivity index (χ4n) is 2.40. The van der Waals surface area contributed by atoms with Gasteiger partial charge in [0, 0.05) is 19.1 Å². The zero-order valence-corrected chi connectivity index (χ0v) is 13.5. The summed E-state index contributed by atoms with van der Waals surface area (Å²) in [6.07, 6.45) is 1.42. The van der Waals surface area contributed by atoms with Crippen molar-refractivity contribution in [1.82, 2.24) is 9.62 Å². The van der Waals surface area contributed by atoms with Crippen LogP contribution in [-0.4, -0.2) is 38.9 Å². The topological polar surface area (TPSA) is 73.2 Å². The van der Waals surface area contributed by atoms with E-state index in [4.69, 9.17) is 5.26 Å². The number of nitrogens with one attached hydrogen (secondary N) is 1. The van der Waals surface area contributed by atoms with Gasteiger partial charge in [0.25, 0.3) is 0 Å². The third kappa shape index (κ3) is 3.55. The number of nitriles is 1. The second kappa shape index (κ2) is 7.33. The first kappa shape index (κ1) is 18.8. The minimum absolute atomic E-state index is 0. The maximum Gasteiger partial charge on any atom is 0.248 e. The van der Waals surface area contributed by atoms with E-state index in [0.717, 1.165) is 22.9 Å². The molecule has 9 heteroatoms. The molecule has 0 aliphatic carbocycles. The van der Waals surface area contributed by atoms with Gasteiger partial charge in [-0.2, -0.15) is 9.57 Å². The molecule has 0 saturated carbocycles. The number of nitrogens with zero attached hydrogens (tertiary/aromatic N) is 2. The van der Waals surface area contributed by atoms with Crippen molar-refractivity contribution in [1.29, 1.82) is 5.26 Å². The standard InChI is InChI=1S/C13H15F2N3O2S.ClH/c1-17-10-3-2-4-18(8-10)21(19,20)13-11(14)5-9(7-16)6-12(13)15;/h5-6,10,17H,2-4,8H2,1H3;1H. The van der Waals surface area contributed by atoms with E-state index >= 15 is 0 Å². The summed E-state index contributed by atoms with van der Waals surface area (Å²) in [4.78, 5) is -0.988. The lowest BCUT2D eigenvalue weighted by Gasteiger charge is -2.31. The normalized spacial score (nSPS) is 19.3.